The minimum Gasteiger partial charge on any atom is -0.333 e. The molecule has 112 valence electrons. The first kappa shape index (κ1) is 14.6. The molecule has 0 atom stereocenters. The van der Waals surface area contributed by atoms with Crippen molar-refractivity contribution in [2.75, 3.05) is 11.1 Å². The van der Waals surface area contributed by atoms with Crippen LogP contribution in [0.4, 0.5) is 10.1 Å². The second-order valence-electron chi connectivity index (χ2n) is 4.88. The number of imidazole rings is 1. The van der Waals surface area contributed by atoms with Crippen LogP contribution in [0.1, 0.15) is 5.56 Å². The van der Waals surface area contributed by atoms with Gasteiger partial charge in [0.2, 0.25) is 5.91 Å². The number of para-hydroxylation sites is 2. The molecule has 0 saturated heterocycles. The molecule has 3 rings (SSSR count). The number of H-pyrrole nitrogens is 1. The number of anilines is 1. The molecule has 1 aromatic heterocycles. The summed E-state index contributed by atoms with van der Waals surface area (Å²) in [5.74, 6) is -0.546. The molecular formula is C16H14FN3OS. The first-order chi connectivity index (χ1) is 10.6. The molecule has 0 aliphatic heterocycles. The Morgan fingerprint density at radius 1 is 1.32 bits per heavy atom. The molecule has 2 N–H and O–H groups in total. The number of benzene rings is 2. The minimum atomic E-state index is -0.437. The van der Waals surface area contributed by atoms with E-state index in [1.807, 2.05) is 31.2 Å². The molecule has 0 unspecified atom stereocenters. The van der Waals surface area contributed by atoms with Crippen LogP contribution in [0.5, 0.6) is 0 Å². The summed E-state index contributed by atoms with van der Waals surface area (Å²) in [5.41, 5.74) is 2.88. The minimum absolute atomic E-state index is 0.160. The molecule has 0 fully saturated rings. The maximum atomic E-state index is 13.6. The van der Waals surface area contributed by atoms with Gasteiger partial charge in [0.05, 0.1) is 22.5 Å². The first-order valence-corrected chi connectivity index (χ1v) is 7.74. The van der Waals surface area contributed by atoms with Gasteiger partial charge in [-0.1, -0.05) is 30.0 Å². The molecule has 1 heterocycles. The van der Waals surface area contributed by atoms with Crippen LogP contribution < -0.4 is 5.32 Å². The highest BCUT2D eigenvalue weighted by Crippen LogP contribution is 2.20. The molecule has 6 heteroatoms. The standard InChI is InChI=1S/C16H14FN3OS/c1-10-6-7-11(17)14(8-10)18-15(21)9-22-16-19-12-4-2-3-5-13(12)20-16/h2-8H,9H2,1H3,(H,18,21)(H,19,20). The smallest absolute Gasteiger partial charge is 0.234 e. The third kappa shape index (κ3) is 3.28. The van der Waals surface area contributed by atoms with Crippen molar-refractivity contribution in [3.8, 4) is 0 Å². The van der Waals surface area contributed by atoms with E-state index in [1.54, 1.807) is 12.1 Å². The summed E-state index contributed by atoms with van der Waals surface area (Å²) in [5, 5.41) is 3.25. The fourth-order valence-corrected chi connectivity index (χ4v) is 2.74. The van der Waals surface area contributed by atoms with E-state index < -0.39 is 5.82 Å². The molecule has 2 aromatic carbocycles. The van der Waals surface area contributed by atoms with Gasteiger partial charge in [0.15, 0.2) is 5.16 Å². The normalized spacial score (nSPS) is 10.8. The number of aromatic amines is 1. The number of halogens is 1. The van der Waals surface area contributed by atoms with Crippen LogP contribution >= 0.6 is 11.8 Å². The van der Waals surface area contributed by atoms with E-state index in [0.717, 1.165) is 16.6 Å². The van der Waals surface area contributed by atoms with Gasteiger partial charge in [-0.2, -0.15) is 0 Å². The van der Waals surface area contributed by atoms with Gasteiger partial charge in [-0.15, -0.1) is 0 Å². The number of fused-ring (bicyclic) bond motifs is 1. The average molecular weight is 315 g/mol. The third-order valence-electron chi connectivity index (χ3n) is 3.10. The van der Waals surface area contributed by atoms with Gasteiger partial charge in [0.1, 0.15) is 5.82 Å². The number of carbonyl (C=O) groups excluding carboxylic acids is 1. The first-order valence-electron chi connectivity index (χ1n) is 6.75. The molecule has 3 aromatic rings. The molecule has 0 aliphatic rings. The zero-order valence-electron chi connectivity index (χ0n) is 11.9. The van der Waals surface area contributed by atoms with Crippen LogP contribution in [-0.2, 0) is 4.79 Å². The van der Waals surface area contributed by atoms with Gasteiger partial charge < -0.3 is 10.3 Å². The van der Waals surface area contributed by atoms with Gasteiger partial charge in [-0.05, 0) is 36.8 Å². The Morgan fingerprint density at radius 2 is 2.14 bits per heavy atom. The lowest BCUT2D eigenvalue weighted by Gasteiger charge is -2.06. The Bertz CT molecular complexity index is 798. The zero-order chi connectivity index (χ0) is 15.5. The summed E-state index contributed by atoms with van der Waals surface area (Å²) < 4.78 is 13.6. The SMILES string of the molecule is Cc1ccc(F)c(NC(=O)CSc2nc3ccccc3[nH]2)c1. The van der Waals surface area contributed by atoms with E-state index in [4.69, 9.17) is 0 Å². The van der Waals surface area contributed by atoms with Crippen molar-refractivity contribution >= 4 is 34.4 Å². The monoisotopic (exact) mass is 315 g/mol. The number of hydrogen-bond donors (Lipinski definition) is 2. The highest BCUT2D eigenvalue weighted by Gasteiger charge is 2.09. The number of amides is 1. The molecule has 0 saturated carbocycles. The molecule has 4 nitrogen and oxygen atoms in total. The van der Waals surface area contributed by atoms with Crippen molar-refractivity contribution in [2.45, 2.75) is 12.1 Å². The van der Waals surface area contributed by atoms with Crippen LogP contribution in [-0.4, -0.2) is 21.6 Å². The summed E-state index contributed by atoms with van der Waals surface area (Å²) in [6.45, 7) is 1.85. The van der Waals surface area contributed by atoms with E-state index >= 15 is 0 Å². The summed E-state index contributed by atoms with van der Waals surface area (Å²) in [7, 11) is 0. The highest BCUT2D eigenvalue weighted by molar-refractivity contribution is 7.99. The Labute approximate surface area is 131 Å². The largest absolute Gasteiger partial charge is 0.333 e. The lowest BCUT2D eigenvalue weighted by Crippen LogP contribution is -2.15. The topological polar surface area (TPSA) is 57.8 Å². The molecule has 22 heavy (non-hydrogen) atoms. The summed E-state index contributed by atoms with van der Waals surface area (Å²) in [4.78, 5) is 19.4. The Hall–Kier alpha value is -2.34. The second-order valence-corrected chi connectivity index (χ2v) is 5.84. The molecule has 0 bridgehead atoms. The van der Waals surface area contributed by atoms with E-state index in [0.29, 0.717) is 5.16 Å². The number of thioether (sulfide) groups is 1. The zero-order valence-corrected chi connectivity index (χ0v) is 12.7. The van der Waals surface area contributed by atoms with Gasteiger partial charge in [0.25, 0.3) is 0 Å². The lowest BCUT2D eigenvalue weighted by atomic mass is 10.2. The maximum Gasteiger partial charge on any atom is 0.234 e. The van der Waals surface area contributed by atoms with Crippen molar-refractivity contribution in [1.82, 2.24) is 9.97 Å². The quantitative estimate of drug-likeness (QED) is 0.721. The van der Waals surface area contributed by atoms with Crippen molar-refractivity contribution in [3.05, 3.63) is 53.8 Å². The molecule has 0 aliphatic carbocycles. The number of nitrogens with one attached hydrogen (secondary N) is 2. The average Bonchev–Trinajstić information content (AvgIpc) is 2.92. The van der Waals surface area contributed by atoms with Crippen LogP contribution in [0.25, 0.3) is 11.0 Å². The van der Waals surface area contributed by atoms with Crippen molar-refractivity contribution in [3.63, 3.8) is 0 Å². The Morgan fingerprint density at radius 3 is 2.95 bits per heavy atom. The Balaban J connectivity index is 1.63. The predicted molar refractivity (Wildman–Crippen MR) is 86.6 cm³/mol. The summed E-state index contributed by atoms with van der Waals surface area (Å²) in [6.07, 6.45) is 0. The van der Waals surface area contributed by atoms with Gasteiger partial charge >= 0.3 is 0 Å². The number of aromatic nitrogens is 2. The Kier molecular flexibility index (Phi) is 4.11. The van der Waals surface area contributed by atoms with E-state index in [2.05, 4.69) is 15.3 Å². The lowest BCUT2D eigenvalue weighted by molar-refractivity contribution is -0.113. The predicted octanol–water partition coefficient (Wildman–Crippen LogP) is 3.74. The van der Waals surface area contributed by atoms with Crippen LogP contribution in [0.3, 0.4) is 0 Å². The number of rotatable bonds is 4. The number of hydrogen-bond acceptors (Lipinski definition) is 3. The van der Waals surface area contributed by atoms with Crippen LogP contribution in [0.2, 0.25) is 0 Å². The second kappa shape index (κ2) is 6.19. The number of carbonyl (C=O) groups is 1. The number of nitrogens with zero attached hydrogens (tertiary/aromatic N) is 1. The third-order valence-corrected chi connectivity index (χ3v) is 3.98. The van der Waals surface area contributed by atoms with Crippen LogP contribution in [0.15, 0.2) is 47.6 Å². The summed E-state index contributed by atoms with van der Waals surface area (Å²) in [6, 6.07) is 12.3. The van der Waals surface area contributed by atoms with Crippen molar-refractivity contribution < 1.29 is 9.18 Å². The van der Waals surface area contributed by atoms with Crippen molar-refractivity contribution in [1.29, 1.82) is 0 Å². The fourth-order valence-electron chi connectivity index (χ4n) is 2.05. The highest BCUT2D eigenvalue weighted by atomic mass is 32.2. The molecule has 1 amide bonds. The summed E-state index contributed by atoms with van der Waals surface area (Å²) >= 11 is 1.28. The molecule has 0 spiro atoms. The van der Waals surface area contributed by atoms with Gasteiger partial charge in [0, 0.05) is 0 Å². The molecule has 0 radical (unpaired) electrons. The van der Waals surface area contributed by atoms with E-state index in [9.17, 15) is 9.18 Å². The van der Waals surface area contributed by atoms with E-state index in [1.165, 1.54) is 17.8 Å². The van der Waals surface area contributed by atoms with Crippen LogP contribution in [0, 0.1) is 12.7 Å². The number of aryl methyl sites for hydroxylation is 1. The maximum absolute atomic E-state index is 13.6. The van der Waals surface area contributed by atoms with Gasteiger partial charge in [-0.25, -0.2) is 9.37 Å². The fraction of sp³-hybridized carbons (Fsp3) is 0.125. The van der Waals surface area contributed by atoms with Gasteiger partial charge in [-0.3, -0.25) is 4.79 Å². The van der Waals surface area contributed by atoms with E-state index in [-0.39, 0.29) is 17.3 Å². The molecular weight excluding hydrogens is 301 g/mol. The van der Waals surface area contributed by atoms with Crippen molar-refractivity contribution in [2.24, 2.45) is 0 Å².